The molecule has 0 radical (unpaired) electrons. The van der Waals surface area contributed by atoms with E-state index in [-0.39, 0.29) is 16.2 Å². The van der Waals surface area contributed by atoms with Gasteiger partial charge in [0.15, 0.2) is 9.84 Å². The zero-order chi connectivity index (χ0) is 15.6. The molecule has 0 spiro atoms. The molecule has 0 heterocycles. The Morgan fingerprint density at radius 2 is 1.67 bits per heavy atom. The minimum absolute atomic E-state index is 0.0249. The van der Waals surface area contributed by atoms with Crippen LogP contribution in [0.5, 0.6) is 0 Å². The molecular formula is C16H16O4S. The van der Waals surface area contributed by atoms with E-state index in [0.717, 1.165) is 5.56 Å². The number of sulfone groups is 1. The number of carboxylic acid groups (broad SMARTS) is 1. The van der Waals surface area contributed by atoms with Crippen molar-refractivity contribution in [2.75, 3.05) is 0 Å². The molecule has 0 unspecified atom stereocenters. The summed E-state index contributed by atoms with van der Waals surface area (Å²) in [5.74, 6) is -1.28. The molecule has 0 aromatic heterocycles. The third-order valence-corrected chi connectivity index (χ3v) is 5.07. The van der Waals surface area contributed by atoms with E-state index >= 15 is 0 Å². The van der Waals surface area contributed by atoms with E-state index in [0.29, 0.717) is 11.1 Å². The number of hydrogen-bond acceptors (Lipinski definition) is 3. The Kier molecular flexibility index (Phi) is 4.14. The van der Waals surface area contributed by atoms with Crippen LogP contribution in [0.4, 0.5) is 0 Å². The maximum absolute atomic E-state index is 12.5. The largest absolute Gasteiger partial charge is 0.478 e. The van der Waals surface area contributed by atoms with E-state index in [1.54, 1.807) is 19.1 Å². The van der Waals surface area contributed by atoms with Crippen molar-refractivity contribution in [3.63, 3.8) is 0 Å². The summed E-state index contributed by atoms with van der Waals surface area (Å²) in [6, 6.07) is 11.4. The Morgan fingerprint density at radius 1 is 1.05 bits per heavy atom. The highest BCUT2D eigenvalue weighted by Gasteiger charge is 2.19. The average Bonchev–Trinajstić information content (AvgIpc) is 2.41. The number of benzene rings is 2. The highest BCUT2D eigenvalue weighted by molar-refractivity contribution is 7.90. The quantitative estimate of drug-likeness (QED) is 0.942. The molecule has 2 aromatic carbocycles. The van der Waals surface area contributed by atoms with Crippen molar-refractivity contribution in [3.05, 3.63) is 64.7 Å². The van der Waals surface area contributed by atoms with Crippen LogP contribution in [0.15, 0.2) is 47.4 Å². The zero-order valence-electron chi connectivity index (χ0n) is 11.8. The summed E-state index contributed by atoms with van der Waals surface area (Å²) in [6.45, 7) is 3.59. The standard InChI is InChI=1S/C16H16O4S/c1-11-3-6-13(7-4-11)10-21(19,20)15-9-14(16(17)18)8-5-12(15)2/h3-9H,10H2,1-2H3,(H,17,18). The summed E-state index contributed by atoms with van der Waals surface area (Å²) < 4.78 is 25.0. The second-order valence-corrected chi connectivity index (χ2v) is 6.99. The molecule has 1 N–H and O–H groups in total. The summed E-state index contributed by atoms with van der Waals surface area (Å²) in [7, 11) is -3.58. The lowest BCUT2D eigenvalue weighted by atomic mass is 10.1. The number of hydrogen-bond donors (Lipinski definition) is 1. The minimum atomic E-state index is -3.58. The molecule has 5 heteroatoms. The topological polar surface area (TPSA) is 71.4 Å². The van der Waals surface area contributed by atoms with Gasteiger partial charge in [-0.15, -0.1) is 0 Å². The van der Waals surface area contributed by atoms with Crippen LogP contribution in [0.3, 0.4) is 0 Å². The molecule has 21 heavy (non-hydrogen) atoms. The summed E-state index contributed by atoms with van der Waals surface area (Å²) in [6.07, 6.45) is 0. The van der Waals surface area contributed by atoms with E-state index in [1.807, 2.05) is 19.1 Å². The molecule has 0 atom stereocenters. The maximum Gasteiger partial charge on any atom is 0.335 e. The Morgan fingerprint density at radius 3 is 2.24 bits per heavy atom. The first-order valence-electron chi connectivity index (χ1n) is 6.42. The lowest BCUT2D eigenvalue weighted by Gasteiger charge is -2.09. The minimum Gasteiger partial charge on any atom is -0.478 e. The van der Waals surface area contributed by atoms with Gasteiger partial charge in [0.25, 0.3) is 0 Å². The van der Waals surface area contributed by atoms with E-state index in [1.165, 1.54) is 18.2 Å². The molecule has 4 nitrogen and oxygen atoms in total. The Labute approximate surface area is 124 Å². The fourth-order valence-electron chi connectivity index (χ4n) is 2.05. The second kappa shape index (κ2) is 5.69. The van der Waals surface area contributed by atoms with Crippen LogP contribution < -0.4 is 0 Å². The normalized spacial score (nSPS) is 11.3. The number of carboxylic acids is 1. The van der Waals surface area contributed by atoms with Crippen LogP contribution in [0, 0.1) is 13.8 Å². The van der Waals surface area contributed by atoms with Gasteiger partial charge in [-0.1, -0.05) is 35.9 Å². The number of aryl methyl sites for hydroxylation is 2. The number of rotatable bonds is 4. The molecule has 2 rings (SSSR count). The Hall–Kier alpha value is -2.14. The van der Waals surface area contributed by atoms with Gasteiger partial charge in [-0.25, -0.2) is 13.2 Å². The predicted molar refractivity (Wildman–Crippen MR) is 80.2 cm³/mol. The van der Waals surface area contributed by atoms with E-state index in [2.05, 4.69) is 0 Å². The van der Waals surface area contributed by atoms with Gasteiger partial charge in [-0.2, -0.15) is 0 Å². The molecule has 0 amide bonds. The summed E-state index contributed by atoms with van der Waals surface area (Å²) in [4.78, 5) is 11.1. The van der Waals surface area contributed by atoms with Crippen LogP contribution in [0.1, 0.15) is 27.0 Å². The lowest BCUT2D eigenvalue weighted by molar-refractivity contribution is 0.0696. The molecule has 0 saturated heterocycles. The fourth-order valence-corrected chi connectivity index (χ4v) is 3.70. The van der Waals surface area contributed by atoms with Gasteiger partial charge in [0.2, 0.25) is 0 Å². The van der Waals surface area contributed by atoms with Gasteiger partial charge < -0.3 is 5.11 Å². The Bertz CT molecular complexity index is 774. The molecular weight excluding hydrogens is 288 g/mol. The van der Waals surface area contributed by atoms with Crippen LogP contribution >= 0.6 is 0 Å². The summed E-state index contributed by atoms with van der Waals surface area (Å²) >= 11 is 0. The van der Waals surface area contributed by atoms with Crippen LogP contribution in [-0.4, -0.2) is 19.5 Å². The first-order valence-corrected chi connectivity index (χ1v) is 8.07. The van der Waals surface area contributed by atoms with Crippen molar-refractivity contribution in [2.45, 2.75) is 24.5 Å². The monoisotopic (exact) mass is 304 g/mol. The van der Waals surface area contributed by atoms with Gasteiger partial charge in [0.1, 0.15) is 0 Å². The van der Waals surface area contributed by atoms with Crippen LogP contribution in [-0.2, 0) is 15.6 Å². The maximum atomic E-state index is 12.5. The average molecular weight is 304 g/mol. The van der Waals surface area contributed by atoms with Crippen molar-refractivity contribution in [1.29, 1.82) is 0 Å². The fraction of sp³-hybridized carbons (Fsp3) is 0.188. The van der Waals surface area contributed by atoms with Crippen molar-refractivity contribution in [3.8, 4) is 0 Å². The SMILES string of the molecule is Cc1ccc(CS(=O)(=O)c2cc(C(=O)O)ccc2C)cc1. The van der Waals surface area contributed by atoms with Gasteiger partial charge in [0, 0.05) is 0 Å². The van der Waals surface area contributed by atoms with Gasteiger partial charge >= 0.3 is 5.97 Å². The molecule has 0 fully saturated rings. The molecule has 0 aliphatic rings. The van der Waals surface area contributed by atoms with E-state index < -0.39 is 15.8 Å². The summed E-state index contributed by atoms with van der Waals surface area (Å²) in [5, 5.41) is 8.99. The third-order valence-electron chi connectivity index (χ3n) is 3.25. The van der Waals surface area contributed by atoms with Crippen LogP contribution in [0.25, 0.3) is 0 Å². The van der Waals surface area contributed by atoms with Gasteiger partial charge in [0.05, 0.1) is 16.2 Å². The summed E-state index contributed by atoms with van der Waals surface area (Å²) in [5.41, 5.74) is 2.26. The molecule has 0 bridgehead atoms. The predicted octanol–water partition coefficient (Wildman–Crippen LogP) is 2.98. The first-order chi connectivity index (χ1) is 9.79. The van der Waals surface area contributed by atoms with Gasteiger partial charge in [-0.3, -0.25) is 0 Å². The molecule has 110 valence electrons. The van der Waals surface area contributed by atoms with Crippen molar-refractivity contribution >= 4 is 15.8 Å². The number of aromatic carboxylic acids is 1. The molecule has 0 aliphatic carbocycles. The van der Waals surface area contributed by atoms with E-state index in [4.69, 9.17) is 5.11 Å². The second-order valence-electron chi connectivity index (χ2n) is 5.03. The molecule has 2 aromatic rings. The van der Waals surface area contributed by atoms with Crippen molar-refractivity contribution in [1.82, 2.24) is 0 Å². The highest BCUT2D eigenvalue weighted by Crippen LogP contribution is 2.22. The number of carbonyl (C=O) groups is 1. The zero-order valence-corrected chi connectivity index (χ0v) is 12.6. The molecule has 0 aliphatic heterocycles. The lowest BCUT2D eigenvalue weighted by Crippen LogP contribution is -2.09. The Balaban J connectivity index is 2.41. The van der Waals surface area contributed by atoms with E-state index in [9.17, 15) is 13.2 Å². The highest BCUT2D eigenvalue weighted by atomic mass is 32.2. The van der Waals surface area contributed by atoms with Gasteiger partial charge in [-0.05, 0) is 37.1 Å². The van der Waals surface area contributed by atoms with Crippen LogP contribution in [0.2, 0.25) is 0 Å². The third kappa shape index (κ3) is 3.49. The first kappa shape index (κ1) is 15.3. The smallest absolute Gasteiger partial charge is 0.335 e. The molecule has 0 saturated carbocycles. The van der Waals surface area contributed by atoms with Crippen molar-refractivity contribution in [2.24, 2.45) is 0 Å². The van der Waals surface area contributed by atoms with Crippen molar-refractivity contribution < 1.29 is 18.3 Å².